The Morgan fingerprint density at radius 2 is 2.37 bits per heavy atom. The van der Waals surface area contributed by atoms with Crippen molar-refractivity contribution in [1.29, 1.82) is 0 Å². The molecule has 1 atom stereocenters. The quantitative estimate of drug-likeness (QED) is 0.835. The lowest BCUT2D eigenvalue weighted by molar-refractivity contribution is -0.130. The van der Waals surface area contributed by atoms with Gasteiger partial charge in [-0.3, -0.25) is 9.59 Å². The van der Waals surface area contributed by atoms with Crippen molar-refractivity contribution in [2.75, 3.05) is 26.2 Å². The zero-order valence-corrected chi connectivity index (χ0v) is 11.5. The van der Waals surface area contributed by atoms with E-state index in [9.17, 15) is 9.59 Å². The van der Waals surface area contributed by atoms with Crippen LogP contribution >= 0.6 is 11.3 Å². The van der Waals surface area contributed by atoms with E-state index in [1.54, 1.807) is 11.0 Å². The average molecular weight is 282 g/mol. The number of likely N-dealkylation sites (tertiary alicyclic amines) is 1. The topological polar surface area (TPSA) is 69.6 Å². The summed E-state index contributed by atoms with van der Waals surface area (Å²) in [5.74, 6) is 0.129. The second-order valence-electron chi connectivity index (χ2n) is 4.66. The minimum Gasteiger partial charge on any atom is -0.396 e. The highest BCUT2D eigenvalue weighted by Crippen LogP contribution is 2.16. The van der Waals surface area contributed by atoms with Gasteiger partial charge in [0.1, 0.15) is 0 Å². The molecule has 0 radical (unpaired) electrons. The van der Waals surface area contributed by atoms with Crippen molar-refractivity contribution in [3.63, 3.8) is 0 Å². The molecule has 104 valence electrons. The summed E-state index contributed by atoms with van der Waals surface area (Å²) in [5.41, 5.74) is 0. The fourth-order valence-electron chi connectivity index (χ4n) is 2.14. The number of aliphatic hydroxyl groups excluding tert-OH is 1. The molecule has 1 aromatic heterocycles. The van der Waals surface area contributed by atoms with Gasteiger partial charge in [0, 0.05) is 38.6 Å². The molecule has 1 fully saturated rings. The summed E-state index contributed by atoms with van der Waals surface area (Å²) in [6, 6.07) is 3.58. The van der Waals surface area contributed by atoms with Crippen LogP contribution in [-0.2, 0) is 4.79 Å². The van der Waals surface area contributed by atoms with E-state index < -0.39 is 0 Å². The molecule has 1 unspecified atom stereocenters. The van der Waals surface area contributed by atoms with E-state index in [-0.39, 0.29) is 24.3 Å². The molecule has 1 aromatic rings. The third-order valence-corrected chi connectivity index (χ3v) is 4.13. The zero-order valence-electron chi connectivity index (χ0n) is 10.7. The minimum absolute atomic E-state index is 0.0439. The molecule has 19 heavy (non-hydrogen) atoms. The van der Waals surface area contributed by atoms with Crippen LogP contribution in [0.1, 0.15) is 22.5 Å². The fraction of sp³-hybridized carbons (Fsp3) is 0.538. The van der Waals surface area contributed by atoms with Crippen molar-refractivity contribution < 1.29 is 14.7 Å². The summed E-state index contributed by atoms with van der Waals surface area (Å²) in [6.07, 6.45) is 1.18. The number of nitrogens with one attached hydrogen (secondary N) is 1. The van der Waals surface area contributed by atoms with Crippen molar-refractivity contribution in [2.45, 2.75) is 12.8 Å². The zero-order chi connectivity index (χ0) is 13.7. The Labute approximate surface area is 116 Å². The predicted octanol–water partition coefficient (Wildman–Crippen LogP) is 0.709. The first-order chi connectivity index (χ1) is 9.20. The Balaban J connectivity index is 1.68. The van der Waals surface area contributed by atoms with E-state index in [0.29, 0.717) is 30.9 Å². The number of carbonyl (C=O) groups excluding carboxylic acids is 2. The monoisotopic (exact) mass is 282 g/mol. The maximum Gasteiger partial charge on any atom is 0.261 e. The Bertz CT molecular complexity index is 433. The lowest BCUT2D eigenvalue weighted by Crippen LogP contribution is -2.33. The van der Waals surface area contributed by atoms with Crippen LogP contribution in [0.4, 0.5) is 0 Å². The minimum atomic E-state index is -0.127. The lowest BCUT2D eigenvalue weighted by atomic mass is 10.1. The van der Waals surface area contributed by atoms with Gasteiger partial charge in [-0.1, -0.05) is 6.07 Å². The van der Waals surface area contributed by atoms with E-state index in [1.165, 1.54) is 11.3 Å². The first-order valence-corrected chi connectivity index (χ1v) is 7.29. The predicted molar refractivity (Wildman–Crippen MR) is 73.0 cm³/mol. The van der Waals surface area contributed by atoms with Crippen LogP contribution in [0.2, 0.25) is 0 Å². The molecule has 0 bridgehead atoms. The van der Waals surface area contributed by atoms with Crippen LogP contribution in [-0.4, -0.2) is 48.1 Å². The Kier molecular flexibility index (Phi) is 4.93. The number of hydrogen-bond donors (Lipinski definition) is 2. The summed E-state index contributed by atoms with van der Waals surface area (Å²) in [6.45, 7) is 1.84. The third-order valence-electron chi connectivity index (χ3n) is 3.27. The summed E-state index contributed by atoms with van der Waals surface area (Å²) < 4.78 is 0. The van der Waals surface area contributed by atoms with Crippen molar-refractivity contribution in [3.8, 4) is 0 Å². The van der Waals surface area contributed by atoms with E-state index in [2.05, 4.69) is 5.32 Å². The molecule has 2 rings (SSSR count). The van der Waals surface area contributed by atoms with Gasteiger partial charge in [-0.2, -0.15) is 0 Å². The first-order valence-electron chi connectivity index (χ1n) is 6.41. The number of hydrogen-bond acceptors (Lipinski definition) is 4. The molecular weight excluding hydrogens is 264 g/mol. The second-order valence-corrected chi connectivity index (χ2v) is 5.61. The van der Waals surface area contributed by atoms with E-state index in [0.717, 1.165) is 6.42 Å². The smallest absolute Gasteiger partial charge is 0.261 e. The Hall–Kier alpha value is -1.40. The van der Waals surface area contributed by atoms with Crippen LogP contribution in [0, 0.1) is 5.92 Å². The van der Waals surface area contributed by atoms with E-state index in [1.807, 2.05) is 11.4 Å². The van der Waals surface area contributed by atoms with Crippen molar-refractivity contribution in [1.82, 2.24) is 10.2 Å². The van der Waals surface area contributed by atoms with Gasteiger partial charge in [0.05, 0.1) is 4.88 Å². The number of amides is 2. The van der Waals surface area contributed by atoms with Crippen molar-refractivity contribution >= 4 is 23.2 Å². The number of carbonyl (C=O) groups is 2. The first kappa shape index (κ1) is 14.0. The van der Waals surface area contributed by atoms with Gasteiger partial charge in [-0.05, 0) is 17.9 Å². The molecule has 1 saturated heterocycles. The maximum atomic E-state index is 11.9. The van der Waals surface area contributed by atoms with Gasteiger partial charge in [-0.15, -0.1) is 11.3 Å². The van der Waals surface area contributed by atoms with Crippen molar-refractivity contribution in [2.24, 2.45) is 5.92 Å². The van der Waals surface area contributed by atoms with Gasteiger partial charge in [-0.25, -0.2) is 0 Å². The van der Waals surface area contributed by atoms with Gasteiger partial charge in [0.2, 0.25) is 5.91 Å². The molecule has 1 aliphatic heterocycles. The van der Waals surface area contributed by atoms with Gasteiger partial charge >= 0.3 is 0 Å². The number of rotatable bonds is 5. The van der Waals surface area contributed by atoms with Crippen LogP contribution in [0.15, 0.2) is 17.5 Å². The summed E-state index contributed by atoms with van der Waals surface area (Å²) in [4.78, 5) is 25.9. The van der Waals surface area contributed by atoms with Crippen LogP contribution in [0.3, 0.4) is 0 Å². The van der Waals surface area contributed by atoms with E-state index in [4.69, 9.17) is 5.11 Å². The number of nitrogens with zero attached hydrogens (tertiary/aromatic N) is 1. The summed E-state index contributed by atoms with van der Waals surface area (Å²) in [5, 5.41) is 13.6. The summed E-state index contributed by atoms with van der Waals surface area (Å²) in [7, 11) is 0. The molecule has 0 spiro atoms. The third kappa shape index (κ3) is 3.78. The average Bonchev–Trinajstić information content (AvgIpc) is 3.09. The largest absolute Gasteiger partial charge is 0.396 e. The second kappa shape index (κ2) is 6.68. The Morgan fingerprint density at radius 3 is 3.00 bits per heavy atom. The van der Waals surface area contributed by atoms with E-state index >= 15 is 0 Å². The van der Waals surface area contributed by atoms with Crippen LogP contribution in [0.5, 0.6) is 0 Å². The van der Waals surface area contributed by atoms with Gasteiger partial charge in [0.25, 0.3) is 5.91 Å². The molecule has 1 aliphatic rings. The molecule has 5 nitrogen and oxygen atoms in total. The fourth-order valence-corrected chi connectivity index (χ4v) is 2.78. The molecule has 6 heteroatoms. The highest BCUT2D eigenvalue weighted by molar-refractivity contribution is 7.12. The molecule has 2 N–H and O–H groups in total. The van der Waals surface area contributed by atoms with Gasteiger partial charge < -0.3 is 15.3 Å². The molecule has 0 aliphatic carbocycles. The number of thiophene rings is 1. The number of aliphatic hydroxyl groups is 1. The molecule has 0 saturated carbocycles. The SMILES string of the molecule is O=C(NCCC(=O)N1CCC(CO)C1)c1cccs1. The van der Waals surface area contributed by atoms with Crippen molar-refractivity contribution in [3.05, 3.63) is 22.4 Å². The summed E-state index contributed by atoms with van der Waals surface area (Å²) >= 11 is 1.38. The standard InChI is InChI=1S/C13H18N2O3S/c16-9-10-4-6-15(8-10)12(17)3-5-14-13(18)11-2-1-7-19-11/h1-2,7,10,16H,3-6,8-9H2,(H,14,18). The highest BCUT2D eigenvalue weighted by Gasteiger charge is 2.25. The maximum absolute atomic E-state index is 11.9. The normalized spacial score (nSPS) is 18.6. The van der Waals surface area contributed by atoms with Crippen LogP contribution < -0.4 is 5.32 Å². The van der Waals surface area contributed by atoms with Crippen LogP contribution in [0.25, 0.3) is 0 Å². The molecule has 2 amide bonds. The molecule has 0 aromatic carbocycles. The van der Waals surface area contributed by atoms with Gasteiger partial charge in [0.15, 0.2) is 0 Å². The Morgan fingerprint density at radius 1 is 1.53 bits per heavy atom. The lowest BCUT2D eigenvalue weighted by Gasteiger charge is -2.16. The molecular formula is C13H18N2O3S. The highest BCUT2D eigenvalue weighted by atomic mass is 32.1. The molecule has 2 heterocycles.